The van der Waals surface area contributed by atoms with Crippen LogP contribution in [-0.2, 0) is 9.59 Å². The van der Waals surface area contributed by atoms with Gasteiger partial charge >= 0.3 is 5.97 Å². The summed E-state index contributed by atoms with van der Waals surface area (Å²) in [5, 5.41) is 8.41. The molecular weight excluding hydrogens is 596 g/mol. The van der Waals surface area contributed by atoms with E-state index in [2.05, 4.69) is 0 Å². The molecule has 9 heteroatoms. The molecule has 0 aromatic heterocycles. The van der Waals surface area contributed by atoms with Gasteiger partial charge in [-0.05, 0) is 92.8 Å². The zero-order valence-corrected chi connectivity index (χ0v) is 18.6. The number of imide groups is 1. The predicted octanol–water partition coefficient (Wildman–Crippen LogP) is 4.60. The van der Waals surface area contributed by atoms with Crippen molar-refractivity contribution < 1.29 is 24.2 Å². The minimum atomic E-state index is -1.06. The van der Waals surface area contributed by atoms with Gasteiger partial charge in [0, 0.05) is 0 Å². The number of halogens is 2. The van der Waals surface area contributed by atoms with E-state index in [9.17, 15) is 14.4 Å². The van der Waals surface area contributed by atoms with Crippen molar-refractivity contribution in [1.82, 2.24) is 0 Å². The first kappa shape index (κ1) is 20.1. The van der Waals surface area contributed by atoms with Crippen LogP contribution in [0.4, 0.5) is 10.5 Å². The Bertz CT molecular complexity index is 938. The number of hydrogen-bond acceptors (Lipinski definition) is 5. The van der Waals surface area contributed by atoms with E-state index in [1.54, 1.807) is 42.5 Å². The van der Waals surface area contributed by atoms with E-state index in [0.29, 0.717) is 23.5 Å². The number of carboxylic acids is 1. The predicted molar refractivity (Wildman–Crippen MR) is 120 cm³/mol. The molecule has 0 saturated carbocycles. The highest BCUT2D eigenvalue weighted by atomic mass is 127. The van der Waals surface area contributed by atoms with Gasteiger partial charge in [0.1, 0.15) is 5.75 Å². The monoisotopic (exact) mass is 607 g/mol. The van der Waals surface area contributed by atoms with Gasteiger partial charge in [0.05, 0.1) is 17.7 Å². The molecule has 2 aromatic rings. The minimum Gasteiger partial charge on any atom is -0.480 e. The van der Waals surface area contributed by atoms with Crippen LogP contribution in [0.5, 0.6) is 5.75 Å². The molecule has 2 aromatic carbocycles. The van der Waals surface area contributed by atoms with E-state index < -0.39 is 12.6 Å². The van der Waals surface area contributed by atoms with Crippen molar-refractivity contribution in [3.8, 4) is 5.75 Å². The van der Waals surface area contributed by atoms with Crippen LogP contribution in [0.3, 0.4) is 0 Å². The lowest BCUT2D eigenvalue weighted by molar-refractivity contribution is -0.139. The number of carbonyl (C=O) groups excluding carboxylic acids is 2. The Morgan fingerprint density at radius 1 is 1.15 bits per heavy atom. The SMILES string of the molecule is O=C(O)COc1c(I)cc(/C=C2\SC(=O)N(c3ccccc3)C2=O)cc1I. The van der Waals surface area contributed by atoms with Crippen LogP contribution in [0.1, 0.15) is 5.56 Å². The molecule has 1 saturated heterocycles. The molecule has 1 fully saturated rings. The van der Waals surface area contributed by atoms with Crippen molar-refractivity contribution in [2.24, 2.45) is 0 Å². The number of thioether (sulfide) groups is 1. The van der Waals surface area contributed by atoms with Crippen LogP contribution >= 0.6 is 56.9 Å². The van der Waals surface area contributed by atoms with Crippen LogP contribution in [0.25, 0.3) is 6.08 Å². The second-order valence-corrected chi connectivity index (χ2v) is 8.67. The van der Waals surface area contributed by atoms with Gasteiger partial charge in [0.2, 0.25) is 0 Å². The van der Waals surface area contributed by atoms with E-state index in [-0.39, 0.29) is 11.1 Å². The van der Waals surface area contributed by atoms with Crippen LogP contribution in [0, 0.1) is 7.14 Å². The number of hydrogen-bond donors (Lipinski definition) is 1. The maximum Gasteiger partial charge on any atom is 0.341 e. The molecule has 138 valence electrons. The normalized spacial score (nSPS) is 15.5. The fourth-order valence-corrected chi connectivity index (χ4v) is 5.32. The Morgan fingerprint density at radius 3 is 2.37 bits per heavy atom. The Kier molecular flexibility index (Phi) is 6.42. The molecular formula is C18H11I2NO5S. The lowest BCUT2D eigenvalue weighted by Gasteiger charge is -2.12. The fourth-order valence-electron chi connectivity index (χ4n) is 2.35. The van der Waals surface area contributed by atoms with E-state index in [0.717, 1.165) is 22.2 Å². The second-order valence-electron chi connectivity index (χ2n) is 5.35. The van der Waals surface area contributed by atoms with Gasteiger partial charge in [0.15, 0.2) is 6.61 Å². The van der Waals surface area contributed by atoms with Gasteiger partial charge in [-0.25, -0.2) is 9.69 Å². The highest BCUT2D eigenvalue weighted by Crippen LogP contribution is 2.37. The average Bonchev–Trinajstić information content (AvgIpc) is 2.88. The highest BCUT2D eigenvalue weighted by molar-refractivity contribution is 14.1. The van der Waals surface area contributed by atoms with Crippen LogP contribution in [-0.4, -0.2) is 28.8 Å². The Balaban J connectivity index is 1.88. The standard InChI is InChI=1S/C18H11I2NO5S/c19-12-6-10(7-13(20)16(12)26-9-15(22)23)8-14-17(24)21(18(25)27-14)11-4-2-1-3-5-11/h1-8H,9H2,(H,22,23)/b14-8-. The van der Waals surface area contributed by atoms with E-state index >= 15 is 0 Å². The van der Waals surface area contributed by atoms with Crippen molar-refractivity contribution in [2.75, 3.05) is 11.5 Å². The number of anilines is 1. The smallest absolute Gasteiger partial charge is 0.341 e. The third-order valence-corrected chi connectivity index (χ3v) is 5.94. The van der Waals surface area contributed by atoms with Crippen molar-refractivity contribution in [3.63, 3.8) is 0 Å². The Hall–Kier alpha value is -1.60. The number of nitrogens with zero attached hydrogens (tertiary/aromatic N) is 1. The summed E-state index contributed by atoms with van der Waals surface area (Å²) in [4.78, 5) is 37.1. The summed E-state index contributed by atoms with van der Waals surface area (Å²) in [7, 11) is 0. The summed E-state index contributed by atoms with van der Waals surface area (Å²) in [6, 6.07) is 12.3. The second kappa shape index (κ2) is 8.61. The summed E-state index contributed by atoms with van der Waals surface area (Å²) in [5.41, 5.74) is 1.26. The van der Waals surface area contributed by atoms with Gasteiger partial charge in [-0.2, -0.15) is 0 Å². The van der Waals surface area contributed by atoms with Crippen molar-refractivity contribution >= 4 is 85.8 Å². The molecule has 1 aliphatic rings. The van der Waals surface area contributed by atoms with Crippen molar-refractivity contribution in [3.05, 3.63) is 60.1 Å². The number of carboxylic acid groups (broad SMARTS) is 1. The lowest BCUT2D eigenvalue weighted by Crippen LogP contribution is -2.27. The number of amides is 2. The number of para-hydroxylation sites is 1. The molecule has 0 bridgehead atoms. The summed E-state index contributed by atoms with van der Waals surface area (Å²) >= 11 is 4.98. The Morgan fingerprint density at radius 2 is 1.78 bits per heavy atom. The zero-order valence-electron chi connectivity index (χ0n) is 13.5. The molecule has 3 rings (SSSR count). The molecule has 0 unspecified atom stereocenters. The van der Waals surface area contributed by atoms with Crippen LogP contribution in [0.2, 0.25) is 0 Å². The third kappa shape index (κ3) is 4.63. The van der Waals surface area contributed by atoms with Crippen molar-refractivity contribution in [1.29, 1.82) is 0 Å². The van der Waals surface area contributed by atoms with Gasteiger partial charge in [-0.15, -0.1) is 0 Å². The quantitative estimate of drug-likeness (QED) is 0.396. The molecule has 0 aliphatic carbocycles. The molecule has 6 nitrogen and oxygen atoms in total. The highest BCUT2D eigenvalue weighted by Gasteiger charge is 2.36. The topological polar surface area (TPSA) is 83.9 Å². The van der Waals surface area contributed by atoms with Crippen molar-refractivity contribution in [2.45, 2.75) is 0 Å². The molecule has 1 heterocycles. The number of carbonyl (C=O) groups is 3. The van der Waals surface area contributed by atoms with Gasteiger partial charge in [0.25, 0.3) is 11.1 Å². The summed E-state index contributed by atoms with van der Waals surface area (Å²) < 4.78 is 6.73. The molecule has 1 N–H and O–H groups in total. The van der Waals surface area contributed by atoms with Crippen LogP contribution in [0.15, 0.2) is 47.4 Å². The number of benzene rings is 2. The first-order valence-corrected chi connectivity index (χ1v) is 10.5. The average molecular weight is 607 g/mol. The molecule has 2 amide bonds. The fraction of sp³-hybridized carbons (Fsp3) is 0.0556. The van der Waals surface area contributed by atoms with Gasteiger partial charge in [-0.1, -0.05) is 18.2 Å². The molecule has 1 aliphatic heterocycles. The number of aliphatic carboxylic acids is 1. The lowest BCUT2D eigenvalue weighted by atomic mass is 10.2. The summed E-state index contributed by atoms with van der Waals surface area (Å²) in [6.45, 7) is -0.429. The Labute approximate surface area is 186 Å². The minimum absolute atomic E-state index is 0.328. The molecule has 0 spiro atoms. The van der Waals surface area contributed by atoms with E-state index in [4.69, 9.17) is 9.84 Å². The molecule has 27 heavy (non-hydrogen) atoms. The molecule has 0 atom stereocenters. The van der Waals surface area contributed by atoms with Crippen LogP contribution < -0.4 is 9.64 Å². The number of rotatable bonds is 5. The summed E-state index contributed by atoms with van der Waals surface area (Å²) in [5.74, 6) is -0.944. The first-order valence-electron chi connectivity index (χ1n) is 7.53. The molecule has 0 radical (unpaired) electrons. The largest absolute Gasteiger partial charge is 0.480 e. The van der Waals surface area contributed by atoms with E-state index in [1.165, 1.54) is 0 Å². The van der Waals surface area contributed by atoms with E-state index in [1.807, 2.05) is 51.2 Å². The van der Waals surface area contributed by atoms with Gasteiger partial charge in [-0.3, -0.25) is 9.59 Å². The first-order chi connectivity index (χ1) is 12.9. The maximum absolute atomic E-state index is 12.7. The summed E-state index contributed by atoms with van der Waals surface area (Å²) in [6.07, 6.45) is 1.65. The zero-order chi connectivity index (χ0) is 19.6. The van der Waals surface area contributed by atoms with Gasteiger partial charge < -0.3 is 9.84 Å². The number of ether oxygens (including phenoxy) is 1. The third-order valence-electron chi connectivity index (χ3n) is 3.47. The maximum atomic E-state index is 12.7.